The molecule has 4 aromatic rings. The van der Waals surface area contributed by atoms with E-state index in [9.17, 15) is 10.2 Å². The lowest BCUT2D eigenvalue weighted by Crippen LogP contribution is -2.47. The van der Waals surface area contributed by atoms with Crippen LogP contribution in [0, 0.1) is 11.8 Å². The molecule has 0 aliphatic heterocycles. The van der Waals surface area contributed by atoms with Gasteiger partial charge < -0.3 is 10.2 Å². The molecule has 1 fully saturated rings. The minimum absolute atomic E-state index is 0.0767. The lowest BCUT2D eigenvalue weighted by atomic mass is 9.52. The SMILES string of the molecule is OCC1C(CO)C2c3ccc(c4ccccc34)CCCc3ccc(c4ccccc34)C12. The van der Waals surface area contributed by atoms with E-state index in [1.165, 1.54) is 43.8 Å². The number of aryl methyl sites for hydroxylation is 2. The Bertz CT molecular complexity index is 1180. The molecule has 2 nitrogen and oxygen atoms in total. The first-order valence-electron chi connectivity index (χ1n) is 11.5. The molecule has 4 atom stereocenters. The average molecular weight is 409 g/mol. The molecule has 156 valence electrons. The molecule has 0 amide bonds. The smallest absolute Gasteiger partial charge is 0.0469 e. The van der Waals surface area contributed by atoms with Crippen molar-refractivity contribution in [2.24, 2.45) is 11.8 Å². The normalized spacial score (nSPS) is 25.0. The van der Waals surface area contributed by atoms with Crippen molar-refractivity contribution in [2.45, 2.75) is 31.1 Å². The minimum Gasteiger partial charge on any atom is -0.396 e. The molecule has 2 heteroatoms. The van der Waals surface area contributed by atoms with Gasteiger partial charge in [0.2, 0.25) is 0 Å². The maximum Gasteiger partial charge on any atom is 0.0469 e. The molecule has 4 unspecified atom stereocenters. The Morgan fingerprint density at radius 1 is 0.548 bits per heavy atom. The van der Waals surface area contributed by atoms with Crippen molar-refractivity contribution in [3.8, 4) is 0 Å². The van der Waals surface area contributed by atoms with E-state index in [4.69, 9.17) is 0 Å². The van der Waals surface area contributed by atoms with Crippen molar-refractivity contribution in [1.29, 1.82) is 0 Å². The van der Waals surface area contributed by atoms with E-state index in [-0.39, 0.29) is 36.9 Å². The molecule has 4 aromatic carbocycles. The first kappa shape index (κ1) is 19.0. The van der Waals surface area contributed by atoms with Crippen LogP contribution in [-0.2, 0) is 12.8 Å². The molecule has 31 heavy (non-hydrogen) atoms. The van der Waals surface area contributed by atoms with Crippen LogP contribution in [0.5, 0.6) is 0 Å². The van der Waals surface area contributed by atoms with Crippen molar-refractivity contribution >= 4 is 21.5 Å². The largest absolute Gasteiger partial charge is 0.396 e. The van der Waals surface area contributed by atoms with Crippen LogP contribution in [0.25, 0.3) is 21.5 Å². The van der Waals surface area contributed by atoms with Gasteiger partial charge in [-0.2, -0.15) is 0 Å². The van der Waals surface area contributed by atoms with Crippen molar-refractivity contribution in [3.63, 3.8) is 0 Å². The summed E-state index contributed by atoms with van der Waals surface area (Å²) in [6.07, 6.45) is 3.25. The summed E-state index contributed by atoms with van der Waals surface area (Å²) < 4.78 is 0. The molecule has 2 aliphatic rings. The van der Waals surface area contributed by atoms with E-state index < -0.39 is 0 Å². The zero-order valence-corrected chi connectivity index (χ0v) is 17.7. The van der Waals surface area contributed by atoms with Gasteiger partial charge in [0.25, 0.3) is 0 Å². The minimum atomic E-state index is 0.0767. The van der Waals surface area contributed by atoms with Gasteiger partial charge in [0.1, 0.15) is 0 Å². The second kappa shape index (κ2) is 7.47. The molecule has 2 aliphatic carbocycles. The van der Waals surface area contributed by atoms with E-state index in [0.29, 0.717) is 0 Å². The number of hydrogen-bond acceptors (Lipinski definition) is 2. The van der Waals surface area contributed by atoms with E-state index in [1.54, 1.807) is 0 Å². The van der Waals surface area contributed by atoms with Gasteiger partial charge in [0, 0.05) is 13.2 Å². The third kappa shape index (κ3) is 2.78. The molecule has 1 saturated carbocycles. The predicted molar refractivity (Wildman–Crippen MR) is 127 cm³/mol. The summed E-state index contributed by atoms with van der Waals surface area (Å²) in [5, 5.41) is 25.9. The number of aliphatic hydroxyl groups is 2. The Kier molecular flexibility index (Phi) is 4.59. The van der Waals surface area contributed by atoms with Crippen molar-refractivity contribution in [1.82, 2.24) is 0 Å². The molecule has 2 N–H and O–H groups in total. The lowest BCUT2D eigenvalue weighted by Gasteiger charge is -2.52. The molecule has 0 heterocycles. The predicted octanol–water partition coefficient (Wildman–Crippen LogP) is 5.58. The van der Waals surface area contributed by atoms with Crippen LogP contribution in [0.1, 0.15) is 40.5 Å². The first-order valence-corrected chi connectivity index (χ1v) is 11.5. The summed E-state index contributed by atoms with van der Waals surface area (Å²) >= 11 is 0. The summed E-state index contributed by atoms with van der Waals surface area (Å²) in [6, 6.07) is 26.7. The summed E-state index contributed by atoms with van der Waals surface area (Å²) in [5.41, 5.74) is 5.46. The Balaban J connectivity index is 1.66. The fraction of sp³-hybridized carbons (Fsp3) is 0.310. The molecule has 6 rings (SSSR count). The van der Waals surface area contributed by atoms with Crippen molar-refractivity contribution in [3.05, 3.63) is 95.1 Å². The summed E-state index contributed by atoms with van der Waals surface area (Å²) in [7, 11) is 0. The van der Waals surface area contributed by atoms with E-state index in [1.807, 2.05) is 0 Å². The Morgan fingerprint density at radius 2 is 0.968 bits per heavy atom. The van der Waals surface area contributed by atoms with Crippen LogP contribution in [0.2, 0.25) is 0 Å². The molecule has 0 saturated heterocycles. The van der Waals surface area contributed by atoms with E-state index in [2.05, 4.69) is 72.8 Å². The maximum absolute atomic E-state index is 10.3. The highest BCUT2D eigenvalue weighted by atomic mass is 16.3. The summed E-state index contributed by atoms with van der Waals surface area (Å²) in [6.45, 7) is 0.219. The number of fused-ring (bicyclic) bond motifs is 15. The molecular weight excluding hydrogens is 380 g/mol. The maximum atomic E-state index is 10.3. The topological polar surface area (TPSA) is 40.5 Å². The number of rotatable bonds is 2. The van der Waals surface area contributed by atoms with Crippen LogP contribution in [-0.4, -0.2) is 23.4 Å². The van der Waals surface area contributed by atoms with Gasteiger partial charge in [0.05, 0.1) is 0 Å². The van der Waals surface area contributed by atoms with Gasteiger partial charge in [-0.3, -0.25) is 0 Å². The second-order valence-corrected chi connectivity index (χ2v) is 9.32. The van der Waals surface area contributed by atoms with E-state index in [0.717, 1.165) is 19.3 Å². The Hall–Kier alpha value is -2.68. The second-order valence-electron chi connectivity index (χ2n) is 9.32. The third-order valence-corrected chi connectivity index (χ3v) is 7.99. The van der Waals surface area contributed by atoms with Crippen LogP contribution < -0.4 is 0 Å². The third-order valence-electron chi connectivity index (χ3n) is 7.99. The van der Waals surface area contributed by atoms with Gasteiger partial charge in [-0.1, -0.05) is 72.8 Å². The van der Waals surface area contributed by atoms with Crippen molar-refractivity contribution < 1.29 is 10.2 Å². The fourth-order valence-corrected chi connectivity index (χ4v) is 6.52. The number of aliphatic hydroxyl groups excluding tert-OH is 2. The Labute approximate surface area is 183 Å². The van der Waals surface area contributed by atoms with Gasteiger partial charge in [-0.05, 0) is 86.7 Å². The van der Waals surface area contributed by atoms with Crippen LogP contribution in [0.4, 0.5) is 0 Å². The monoisotopic (exact) mass is 408 g/mol. The highest BCUT2D eigenvalue weighted by Gasteiger charge is 2.51. The highest BCUT2D eigenvalue weighted by Crippen LogP contribution is 2.59. The van der Waals surface area contributed by atoms with Crippen molar-refractivity contribution in [2.75, 3.05) is 13.2 Å². The van der Waals surface area contributed by atoms with Gasteiger partial charge in [-0.15, -0.1) is 0 Å². The van der Waals surface area contributed by atoms with Crippen LogP contribution in [0.15, 0.2) is 72.8 Å². The zero-order chi connectivity index (χ0) is 20.9. The summed E-state index contributed by atoms with van der Waals surface area (Å²) in [4.78, 5) is 0. The molecule has 0 radical (unpaired) electrons. The van der Waals surface area contributed by atoms with E-state index >= 15 is 0 Å². The highest BCUT2D eigenvalue weighted by molar-refractivity contribution is 5.91. The zero-order valence-electron chi connectivity index (χ0n) is 17.7. The van der Waals surface area contributed by atoms with Crippen LogP contribution >= 0.6 is 0 Å². The molecule has 0 aromatic heterocycles. The molecule has 0 spiro atoms. The van der Waals surface area contributed by atoms with Gasteiger partial charge >= 0.3 is 0 Å². The standard InChI is InChI=1S/C29H28O2/c30-16-26-27(17-31)29-25-15-13-19(21-9-2-4-11-23(21)25)7-5-6-18-12-14-24(28(26)29)22-10-3-1-8-20(18)22/h1-4,8-15,26-31H,5-7,16-17H2. The summed E-state index contributed by atoms with van der Waals surface area (Å²) in [5.74, 6) is 0.563. The number of benzene rings is 4. The Morgan fingerprint density at radius 3 is 1.39 bits per heavy atom. The average Bonchev–Trinajstić information content (AvgIpc) is 2.83. The molecule has 4 bridgehead atoms. The first-order chi connectivity index (χ1) is 15.3. The lowest BCUT2D eigenvalue weighted by molar-refractivity contribution is -0.00210. The fourth-order valence-electron chi connectivity index (χ4n) is 6.52. The number of hydrogen-bond donors (Lipinski definition) is 2. The van der Waals surface area contributed by atoms with Gasteiger partial charge in [0.15, 0.2) is 0 Å². The van der Waals surface area contributed by atoms with Crippen LogP contribution in [0.3, 0.4) is 0 Å². The van der Waals surface area contributed by atoms with Gasteiger partial charge in [-0.25, -0.2) is 0 Å². The molecular formula is C29H28O2. The quantitative estimate of drug-likeness (QED) is 0.455.